The molecule has 3 aliphatic rings. The van der Waals surface area contributed by atoms with Crippen molar-refractivity contribution in [1.29, 1.82) is 0 Å². The molecule has 3 unspecified atom stereocenters. The first-order chi connectivity index (χ1) is 11.6. The van der Waals surface area contributed by atoms with Gasteiger partial charge in [0.2, 0.25) is 10.0 Å². The van der Waals surface area contributed by atoms with Gasteiger partial charge in [0.25, 0.3) is 0 Å². The molecule has 0 amide bonds. The van der Waals surface area contributed by atoms with Crippen LogP contribution in [0.15, 0.2) is 23.1 Å². The molecule has 24 heavy (non-hydrogen) atoms. The summed E-state index contributed by atoms with van der Waals surface area (Å²) < 4.78 is 38.9. The lowest BCUT2D eigenvalue weighted by Gasteiger charge is -2.29. The molecule has 3 atom stereocenters. The van der Waals surface area contributed by atoms with E-state index in [1.807, 2.05) is 0 Å². The average molecular weight is 352 g/mol. The van der Waals surface area contributed by atoms with Gasteiger partial charge >= 0.3 is 0 Å². The first kappa shape index (κ1) is 16.2. The number of rotatable bonds is 2. The number of hydrogen-bond donors (Lipinski definition) is 1. The number of sulfonamides is 1. The van der Waals surface area contributed by atoms with E-state index in [9.17, 15) is 8.42 Å². The highest BCUT2D eigenvalue weighted by Gasteiger charge is 2.43. The Morgan fingerprint density at radius 3 is 2.62 bits per heavy atom. The molecule has 0 radical (unpaired) electrons. The fraction of sp³-hybridized carbons (Fsp3) is 0.647. The van der Waals surface area contributed by atoms with Gasteiger partial charge in [-0.25, -0.2) is 8.42 Å². The minimum absolute atomic E-state index is 0.118. The summed E-state index contributed by atoms with van der Waals surface area (Å²) in [6.45, 7) is 2.24. The van der Waals surface area contributed by atoms with Crippen molar-refractivity contribution in [1.82, 2.24) is 4.31 Å². The highest BCUT2D eigenvalue weighted by molar-refractivity contribution is 7.89. The van der Waals surface area contributed by atoms with Gasteiger partial charge in [0.15, 0.2) is 11.5 Å². The molecule has 4 rings (SSSR count). The van der Waals surface area contributed by atoms with E-state index < -0.39 is 10.0 Å². The van der Waals surface area contributed by atoms with Gasteiger partial charge in [0.05, 0.1) is 18.1 Å². The zero-order chi connectivity index (χ0) is 16.7. The van der Waals surface area contributed by atoms with Crippen molar-refractivity contribution in [2.24, 2.45) is 17.6 Å². The van der Waals surface area contributed by atoms with Gasteiger partial charge in [-0.15, -0.1) is 0 Å². The number of fused-ring (bicyclic) bond motifs is 2. The normalized spacial score (nSPS) is 30.6. The van der Waals surface area contributed by atoms with Crippen LogP contribution in [-0.2, 0) is 10.0 Å². The number of benzene rings is 1. The molecular weight excluding hydrogens is 328 g/mol. The molecule has 6 nitrogen and oxygen atoms in total. The molecule has 1 saturated heterocycles. The molecule has 1 saturated carbocycles. The van der Waals surface area contributed by atoms with Crippen LogP contribution in [0, 0.1) is 11.8 Å². The number of nitrogens with zero attached hydrogens (tertiary/aromatic N) is 1. The Hall–Kier alpha value is -1.31. The van der Waals surface area contributed by atoms with Crippen molar-refractivity contribution < 1.29 is 17.9 Å². The van der Waals surface area contributed by atoms with Crippen LogP contribution in [0.5, 0.6) is 11.5 Å². The van der Waals surface area contributed by atoms with E-state index >= 15 is 0 Å². The highest BCUT2D eigenvalue weighted by Crippen LogP contribution is 2.39. The van der Waals surface area contributed by atoms with Gasteiger partial charge in [0, 0.05) is 31.6 Å². The highest BCUT2D eigenvalue weighted by atomic mass is 32.2. The summed E-state index contributed by atoms with van der Waals surface area (Å²) in [5.74, 6) is 1.81. The van der Waals surface area contributed by atoms with Crippen LogP contribution < -0.4 is 15.2 Å². The third-order valence-corrected chi connectivity index (χ3v) is 7.30. The number of ether oxygens (including phenoxy) is 2. The molecule has 132 valence electrons. The Kier molecular flexibility index (Phi) is 4.18. The second kappa shape index (κ2) is 6.20. The molecule has 0 bridgehead atoms. The lowest BCUT2D eigenvalue weighted by Crippen LogP contribution is -2.38. The van der Waals surface area contributed by atoms with E-state index in [1.54, 1.807) is 22.5 Å². The molecule has 2 aliphatic heterocycles. The quantitative estimate of drug-likeness (QED) is 0.874. The minimum Gasteiger partial charge on any atom is -0.490 e. The summed E-state index contributed by atoms with van der Waals surface area (Å²) in [6.07, 6.45) is 3.97. The largest absolute Gasteiger partial charge is 0.490 e. The van der Waals surface area contributed by atoms with Gasteiger partial charge in [-0.3, -0.25) is 0 Å². The molecule has 2 N–H and O–H groups in total. The average Bonchev–Trinajstić information content (AvgIpc) is 2.89. The molecule has 2 heterocycles. The van der Waals surface area contributed by atoms with E-state index in [0.29, 0.717) is 43.7 Å². The van der Waals surface area contributed by atoms with Crippen molar-refractivity contribution >= 4 is 10.0 Å². The summed E-state index contributed by atoms with van der Waals surface area (Å²) in [5.41, 5.74) is 6.21. The summed E-state index contributed by atoms with van der Waals surface area (Å²) >= 11 is 0. The summed E-state index contributed by atoms with van der Waals surface area (Å²) in [4.78, 5) is 0.277. The van der Waals surface area contributed by atoms with Crippen LogP contribution in [-0.4, -0.2) is 45.1 Å². The van der Waals surface area contributed by atoms with Crippen molar-refractivity contribution in [3.8, 4) is 11.5 Å². The molecule has 1 aromatic rings. The standard InChI is InChI=1S/C17H24N2O4S/c18-15-4-1-3-12-10-19(11-14(12)15)24(20,21)13-5-6-16-17(9-13)23-8-2-7-22-16/h5-6,9,12,14-15H,1-4,7-8,10-11,18H2. The maximum Gasteiger partial charge on any atom is 0.243 e. The maximum atomic E-state index is 13.0. The van der Waals surface area contributed by atoms with Gasteiger partial charge in [0.1, 0.15) is 0 Å². The Morgan fingerprint density at radius 2 is 1.83 bits per heavy atom. The van der Waals surface area contributed by atoms with Crippen molar-refractivity contribution in [2.75, 3.05) is 26.3 Å². The van der Waals surface area contributed by atoms with Crippen LogP contribution in [0.1, 0.15) is 25.7 Å². The van der Waals surface area contributed by atoms with E-state index in [-0.39, 0.29) is 16.9 Å². The summed E-state index contributed by atoms with van der Waals surface area (Å²) in [6, 6.07) is 5.03. The minimum atomic E-state index is -3.52. The molecule has 0 spiro atoms. The van der Waals surface area contributed by atoms with Crippen LogP contribution in [0.4, 0.5) is 0 Å². The van der Waals surface area contributed by atoms with Gasteiger partial charge in [-0.1, -0.05) is 6.42 Å². The molecule has 1 aliphatic carbocycles. The van der Waals surface area contributed by atoms with Gasteiger partial charge < -0.3 is 15.2 Å². The molecular formula is C17H24N2O4S. The van der Waals surface area contributed by atoms with Crippen molar-refractivity contribution in [3.05, 3.63) is 18.2 Å². The number of hydrogen-bond acceptors (Lipinski definition) is 5. The summed E-state index contributed by atoms with van der Waals surface area (Å²) in [7, 11) is -3.52. The molecule has 0 aromatic heterocycles. The lowest BCUT2D eigenvalue weighted by molar-refractivity contribution is 0.260. The SMILES string of the molecule is NC1CCCC2CN(S(=O)(=O)c3ccc4c(c3)OCCCO4)CC12. The predicted molar refractivity (Wildman–Crippen MR) is 89.6 cm³/mol. The monoisotopic (exact) mass is 352 g/mol. The molecule has 7 heteroatoms. The van der Waals surface area contributed by atoms with E-state index in [2.05, 4.69) is 0 Å². The zero-order valence-electron chi connectivity index (χ0n) is 13.7. The molecule has 2 fully saturated rings. The second-order valence-electron chi connectivity index (χ2n) is 7.00. The predicted octanol–water partition coefficient (Wildman–Crippen LogP) is 1.60. The van der Waals surface area contributed by atoms with E-state index in [1.165, 1.54) is 0 Å². The second-order valence-corrected chi connectivity index (χ2v) is 8.94. The first-order valence-corrected chi connectivity index (χ1v) is 10.1. The Morgan fingerprint density at radius 1 is 1.04 bits per heavy atom. The third kappa shape index (κ3) is 2.78. The Balaban J connectivity index is 1.60. The van der Waals surface area contributed by atoms with Crippen molar-refractivity contribution in [3.63, 3.8) is 0 Å². The first-order valence-electron chi connectivity index (χ1n) is 8.71. The summed E-state index contributed by atoms with van der Waals surface area (Å²) in [5, 5.41) is 0. The van der Waals surface area contributed by atoms with Crippen LogP contribution in [0.3, 0.4) is 0 Å². The van der Waals surface area contributed by atoms with E-state index in [4.69, 9.17) is 15.2 Å². The zero-order valence-corrected chi connectivity index (χ0v) is 14.5. The fourth-order valence-electron chi connectivity index (χ4n) is 4.13. The van der Waals surface area contributed by atoms with Crippen molar-refractivity contribution in [2.45, 2.75) is 36.6 Å². The maximum absolute atomic E-state index is 13.0. The van der Waals surface area contributed by atoms with Gasteiger partial charge in [-0.05, 0) is 36.8 Å². The topological polar surface area (TPSA) is 81.9 Å². The van der Waals surface area contributed by atoms with Gasteiger partial charge in [-0.2, -0.15) is 4.31 Å². The third-order valence-electron chi connectivity index (χ3n) is 5.48. The Bertz CT molecular complexity index is 721. The Labute approximate surface area is 143 Å². The smallest absolute Gasteiger partial charge is 0.243 e. The van der Waals surface area contributed by atoms with E-state index in [0.717, 1.165) is 25.7 Å². The molecule has 1 aromatic carbocycles. The number of nitrogens with two attached hydrogens (primary N) is 1. The fourth-order valence-corrected chi connectivity index (χ4v) is 5.68. The van der Waals surface area contributed by atoms with Crippen LogP contribution in [0.25, 0.3) is 0 Å². The van der Waals surface area contributed by atoms with Crippen LogP contribution >= 0.6 is 0 Å². The lowest BCUT2D eigenvalue weighted by atomic mass is 9.78. The van der Waals surface area contributed by atoms with Crippen LogP contribution in [0.2, 0.25) is 0 Å².